The molecule has 0 saturated carbocycles. The topological polar surface area (TPSA) is 64.6 Å². The van der Waals surface area contributed by atoms with Gasteiger partial charge in [-0.15, -0.1) is 0 Å². The Kier molecular flexibility index (Phi) is 6.63. The monoisotopic (exact) mass is 347 g/mol. The molecule has 0 heterocycles. The van der Waals surface area contributed by atoms with Crippen molar-refractivity contribution in [1.29, 1.82) is 0 Å². The van der Waals surface area contributed by atoms with Gasteiger partial charge in [-0.1, -0.05) is 36.7 Å². The van der Waals surface area contributed by atoms with Gasteiger partial charge in [0, 0.05) is 5.69 Å². The minimum atomic E-state index is -0.416. The van der Waals surface area contributed by atoms with E-state index in [2.05, 4.69) is 5.32 Å². The van der Waals surface area contributed by atoms with Crippen molar-refractivity contribution in [3.8, 4) is 5.75 Å². The zero-order chi connectivity index (χ0) is 17.4. The van der Waals surface area contributed by atoms with Crippen LogP contribution in [-0.4, -0.2) is 25.1 Å². The first-order chi connectivity index (χ1) is 11.6. The van der Waals surface area contributed by atoms with Crippen LogP contribution < -0.4 is 10.1 Å². The maximum atomic E-state index is 12.0. The van der Waals surface area contributed by atoms with Gasteiger partial charge >= 0.3 is 5.97 Å². The van der Waals surface area contributed by atoms with Gasteiger partial charge in [-0.3, -0.25) is 4.79 Å². The van der Waals surface area contributed by atoms with Crippen LogP contribution in [-0.2, 0) is 9.53 Å². The van der Waals surface area contributed by atoms with E-state index < -0.39 is 5.97 Å². The highest BCUT2D eigenvalue weighted by Gasteiger charge is 2.10. The molecule has 0 atom stereocenters. The van der Waals surface area contributed by atoms with Crippen molar-refractivity contribution in [2.75, 3.05) is 18.5 Å². The van der Waals surface area contributed by atoms with Crippen molar-refractivity contribution < 1.29 is 19.1 Å². The van der Waals surface area contributed by atoms with Gasteiger partial charge in [0.2, 0.25) is 0 Å². The Labute approximate surface area is 145 Å². The van der Waals surface area contributed by atoms with Gasteiger partial charge < -0.3 is 14.8 Å². The molecule has 5 nitrogen and oxygen atoms in total. The fourth-order valence-electron chi connectivity index (χ4n) is 1.90. The molecule has 24 heavy (non-hydrogen) atoms. The number of amides is 1. The molecule has 2 aromatic rings. The predicted octanol–water partition coefficient (Wildman–Crippen LogP) is 3.92. The maximum absolute atomic E-state index is 12.0. The standard InChI is InChI=1S/C18H18ClNO4/c1-2-10-23-18(22)13-6-5-7-14(11-13)20-17(21)12-24-16-9-4-3-8-15(16)19/h3-9,11H,2,10,12H2,1H3,(H,20,21). The highest BCUT2D eigenvalue weighted by Crippen LogP contribution is 2.23. The van der Waals surface area contributed by atoms with Crippen LogP contribution in [0.3, 0.4) is 0 Å². The average Bonchev–Trinajstić information content (AvgIpc) is 2.59. The van der Waals surface area contributed by atoms with Crippen LogP contribution in [0.2, 0.25) is 5.02 Å². The molecule has 0 radical (unpaired) electrons. The Balaban J connectivity index is 1.92. The molecule has 0 aliphatic carbocycles. The molecule has 2 aromatic carbocycles. The average molecular weight is 348 g/mol. The number of benzene rings is 2. The number of anilines is 1. The third kappa shape index (κ3) is 5.28. The number of para-hydroxylation sites is 1. The van der Waals surface area contributed by atoms with E-state index in [1.807, 2.05) is 6.92 Å². The molecule has 0 aliphatic rings. The first kappa shape index (κ1) is 17.8. The van der Waals surface area contributed by atoms with E-state index in [-0.39, 0.29) is 12.5 Å². The SMILES string of the molecule is CCCOC(=O)c1cccc(NC(=O)COc2ccccc2Cl)c1. The zero-order valence-corrected chi connectivity index (χ0v) is 14.0. The van der Waals surface area contributed by atoms with E-state index in [9.17, 15) is 9.59 Å². The summed E-state index contributed by atoms with van der Waals surface area (Å²) in [6.45, 7) is 2.10. The number of hydrogen-bond acceptors (Lipinski definition) is 4. The van der Waals surface area contributed by atoms with Crippen molar-refractivity contribution >= 4 is 29.2 Å². The second kappa shape index (κ2) is 8.93. The molecule has 1 amide bonds. The fraction of sp³-hybridized carbons (Fsp3) is 0.222. The highest BCUT2D eigenvalue weighted by atomic mass is 35.5. The summed E-state index contributed by atoms with van der Waals surface area (Å²) in [6, 6.07) is 13.5. The van der Waals surface area contributed by atoms with Crippen LogP contribution in [0.4, 0.5) is 5.69 Å². The molecule has 1 N–H and O–H groups in total. The largest absolute Gasteiger partial charge is 0.482 e. The van der Waals surface area contributed by atoms with E-state index in [1.165, 1.54) is 0 Å². The smallest absolute Gasteiger partial charge is 0.338 e. The second-order valence-electron chi connectivity index (χ2n) is 4.98. The lowest BCUT2D eigenvalue weighted by Crippen LogP contribution is -2.20. The van der Waals surface area contributed by atoms with Crippen molar-refractivity contribution in [1.82, 2.24) is 0 Å². The van der Waals surface area contributed by atoms with E-state index in [0.717, 1.165) is 6.42 Å². The Morgan fingerprint density at radius 3 is 2.67 bits per heavy atom. The molecule has 0 aliphatic heterocycles. The molecule has 0 bridgehead atoms. The number of ether oxygens (including phenoxy) is 2. The quantitative estimate of drug-likeness (QED) is 0.771. The van der Waals surface area contributed by atoms with Gasteiger partial charge in [-0.25, -0.2) is 4.79 Å². The van der Waals surface area contributed by atoms with E-state index in [1.54, 1.807) is 48.5 Å². The Morgan fingerprint density at radius 2 is 1.92 bits per heavy atom. The van der Waals surface area contributed by atoms with Gasteiger partial charge in [0.1, 0.15) is 5.75 Å². The predicted molar refractivity (Wildman–Crippen MR) is 92.6 cm³/mol. The van der Waals surface area contributed by atoms with Crippen molar-refractivity contribution in [3.05, 3.63) is 59.1 Å². The van der Waals surface area contributed by atoms with Crippen LogP contribution in [0.15, 0.2) is 48.5 Å². The lowest BCUT2D eigenvalue weighted by atomic mass is 10.2. The molecule has 126 valence electrons. The number of hydrogen-bond donors (Lipinski definition) is 1. The molecule has 6 heteroatoms. The molecule has 0 saturated heterocycles. The van der Waals surface area contributed by atoms with Gasteiger partial charge in [0.25, 0.3) is 5.91 Å². The summed E-state index contributed by atoms with van der Waals surface area (Å²) in [6.07, 6.45) is 0.752. The molecular weight excluding hydrogens is 330 g/mol. The third-order valence-corrected chi connectivity index (χ3v) is 3.33. The summed E-state index contributed by atoms with van der Waals surface area (Å²) in [4.78, 5) is 23.8. The van der Waals surface area contributed by atoms with Gasteiger partial charge in [-0.05, 0) is 36.8 Å². The molecule has 0 fully saturated rings. The number of carbonyl (C=O) groups excluding carboxylic acids is 2. The molecule has 0 unspecified atom stereocenters. The lowest BCUT2D eigenvalue weighted by Gasteiger charge is -2.09. The van der Waals surface area contributed by atoms with Crippen molar-refractivity contribution in [2.24, 2.45) is 0 Å². The van der Waals surface area contributed by atoms with Crippen LogP contribution in [0.25, 0.3) is 0 Å². The number of carbonyl (C=O) groups is 2. The van der Waals surface area contributed by atoms with Crippen molar-refractivity contribution in [3.63, 3.8) is 0 Å². The third-order valence-electron chi connectivity index (χ3n) is 3.01. The second-order valence-corrected chi connectivity index (χ2v) is 5.39. The number of rotatable bonds is 7. The Bertz CT molecular complexity index is 718. The Hall–Kier alpha value is -2.53. The minimum Gasteiger partial charge on any atom is -0.482 e. The summed E-state index contributed by atoms with van der Waals surface area (Å²) in [5.74, 6) is -0.333. The van der Waals surface area contributed by atoms with Gasteiger partial charge in [-0.2, -0.15) is 0 Å². The van der Waals surface area contributed by atoms with Crippen LogP contribution >= 0.6 is 11.6 Å². The van der Waals surface area contributed by atoms with E-state index in [4.69, 9.17) is 21.1 Å². The van der Waals surface area contributed by atoms with Crippen LogP contribution in [0, 0.1) is 0 Å². The van der Waals surface area contributed by atoms with E-state index in [0.29, 0.717) is 28.6 Å². The first-order valence-electron chi connectivity index (χ1n) is 7.54. The summed E-state index contributed by atoms with van der Waals surface area (Å²) in [5.41, 5.74) is 0.877. The molecule has 0 aromatic heterocycles. The Morgan fingerprint density at radius 1 is 1.12 bits per heavy atom. The first-order valence-corrected chi connectivity index (χ1v) is 7.92. The number of esters is 1. The van der Waals surface area contributed by atoms with E-state index >= 15 is 0 Å². The molecule has 0 spiro atoms. The lowest BCUT2D eigenvalue weighted by molar-refractivity contribution is -0.118. The summed E-state index contributed by atoms with van der Waals surface area (Å²) in [7, 11) is 0. The minimum absolute atomic E-state index is 0.186. The number of nitrogens with one attached hydrogen (secondary N) is 1. The normalized spacial score (nSPS) is 10.1. The van der Waals surface area contributed by atoms with Crippen LogP contribution in [0.5, 0.6) is 5.75 Å². The zero-order valence-electron chi connectivity index (χ0n) is 13.3. The van der Waals surface area contributed by atoms with Gasteiger partial charge in [0.05, 0.1) is 17.2 Å². The molecular formula is C18H18ClNO4. The maximum Gasteiger partial charge on any atom is 0.338 e. The van der Waals surface area contributed by atoms with Crippen molar-refractivity contribution in [2.45, 2.75) is 13.3 Å². The summed E-state index contributed by atoms with van der Waals surface area (Å²) >= 11 is 5.96. The number of halogens is 1. The van der Waals surface area contributed by atoms with Crippen LogP contribution in [0.1, 0.15) is 23.7 Å². The molecule has 2 rings (SSSR count). The highest BCUT2D eigenvalue weighted by molar-refractivity contribution is 6.32. The summed E-state index contributed by atoms with van der Waals surface area (Å²) in [5, 5.41) is 3.10. The summed E-state index contributed by atoms with van der Waals surface area (Å²) < 4.78 is 10.4. The fourth-order valence-corrected chi connectivity index (χ4v) is 2.09. The van der Waals surface area contributed by atoms with Gasteiger partial charge in [0.15, 0.2) is 6.61 Å².